The third kappa shape index (κ3) is 2.51. The molecular formula is C9H9BrClN5. The lowest BCUT2D eigenvalue weighted by molar-refractivity contribution is 0.810. The van der Waals surface area contributed by atoms with Crippen molar-refractivity contribution in [1.82, 2.24) is 19.7 Å². The SMILES string of the molecule is Cn1cnnc1CNc1ncc(Cl)cc1Br. The van der Waals surface area contributed by atoms with Gasteiger partial charge in [0.2, 0.25) is 0 Å². The first-order valence-electron chi connectivity index (χ1n) is 4.54. The molecule has 84 valence electrons. The molecule has 16 heavy (non-hydrogen) atoms. The molecule has 0 saturated heterocycles. The number of hydrogen-bond acceptors (Lipinski definition) is 4. The van der Waals surface area contributed by atoms with Crippen LogP contribution < -0.4 is 5.32 Å². The van der Waals surface area contributed by atoms with Gasteiger partial charge in [0.1, 0.15) is 12.1 Å². The van der Waals surface area contributed by atoms with E-state index in [1.54, 1.807) is 18.6 Å². The molecule has 0 saturated carbocycles. The number of nitrogens with one attached hydrogen (secondary N) is 1. The summed E-state index contributed by atoms with van der Waals surface area (Å²) in [7, 11) is 1.89. The predicted molar refractivity (Wildman–Crippen MR) is 65.3 cm³/mol. The van der Waals surface area contributed by atoms with E-state index in [9.17, 15) is 0 Å². The molecule has 2 aromatic rings. The fraction of sp³-hybridized carbons (Fsp3) is 0.222. The second kappa shape index (κ2) is 4.80. The van der Waals surface area contributed by atoms with Gasteiger partial charge in [-0.05, 0) is 22.0 Å². The minimum absolute atomic E-state index is 0.559. The van der Waals surface area contributed by atoms with Gasteiger partial charge >= 0.3 is 0 Å². The first kappa shape index (κ1) is 11.3. The van der Waals surface area contributed by atoms with Crippen molar-refractivity contribution in [3.05, 3.63) is 33.9 Å². The van der Waals surface area contributed by atoms with Crippen LogP contribution in [0.4, 0.5) is 5.82 Å². The highest BCUT2D eigenvalue weighted by Crippen LogP contribution is 2.23. The van der Waals surface area contributed by atoms with Gasteiger partial charge in [-0.2, -0.15) is 0 Å². The van der Waals surface area contributed by atoms with Crippen molar-refractivity contribution >= 4 is 33.3 Å². The summed E-state index contributed by atoms with van der Waals surface area (Å²) < 4.78 is 2.67. The highest BCUT2D eigenvalue weighted by molar-refractivity contribution is 9.10. The van der Waals surface area contributed by atoms with Crippen LogP contribution >= 0.6 is 27.5 Å². The highest BCUT2D eigenvalue weighted by atomic mass is 79.9. The Morgan fingerprint density at radius 3 is 3.00 bits per heavy atom. The number of aromatic nitrogens is 4. The maximum atomic E-state index is 5.80. The van der Waals surface area contributed by atoms with Gasteiger partial charge in [-0.3, -0.25) is 0 Å². The van der Waals surface area contributed by atoms with Crippen LogP contribution in [0.1, 0.15) is 5.82 Å². The normalized spacial score (nSPS) is 10.4. The molecule has 0 aliphatic heterocycles. The Balaban J connectivity index is 2.08. The zero-order chi connectivity index (χ0) is 11.5. The minimum Gasteiger partial charge on any atom is -0.362 e. The topological polar surface area (TPSA) is 55.6 Å². The molecule has 0 amide bonds. The van der Waals surface area contributed by atoms with Crippen LogP contribution in [0.15, 0.2) is 23.1 Å². The lowest BCUT2D eigenvalue weighted by Gasteiger charge is -2.06. The maximum absolute atomic E-state index is 5.80. The number of halogens is 2. The molecular weight excluding hydrogens is 293 g/mol. The Morgan fingerprint density at radius 2 is 2.38 bits per heavy atom. The Kier molecular flexibility index (Phi) is 3.40. The molecule has 0 fully saturated rings. The standard InChI is InChI=1S/C9H9BrClN5/c1-16-5-14-15-8(16)4-13-9-7(10)2-6(11)3-12-9/h2-3,5H,4H2,1H3,(H,12,13). The number of rotatable bonds is 3. The molecule has 2 heterocycles. The van der Waals surface area contributed by atoms with Gasteiger partial charge in [0.15, 0.2) is 5.82 Å². The molecule has 0 aromatic carbocycles. The molecule has 0 aliphatic carbocycles. The predicted octanol–water partition coefficient (Wildman–Crippen LogP) is 2.24. The third-order valence-corrected chi connectivity index (χ3v) is 2.84. The van der Waals surface area contributed by atoms with Crippen molar-refractivity contribution in [3.63, 3.8) is 0 Å². The number of nitrogens with zero attached hydrogens (tertiary/aromatic N) is 4. The lowest BCUT2D eigenvalue weighted by Crippen LogP contribution is -2.07. The van der Waals surface area contributed by atoms with Crippen molar-refractivity contribution in [2.45, 2.75) is 6.54 Å². The molecule has 0 aliphatic rings. The Bertz CT molecular complexity index is 498. The first-order valence-corrected chi connectivity index (χ1v) is 5.71. The molecule has 7 heteroatoms. The van der Waals surface area contributed by atoms with Crippen molar-refractivity contribution in [3.8, 4) is 0 Å². The molecule has 0 atom stereocenters. The summed E-state index contributed by atoms with van der Waals surface area (Å²) in [5.41, 5.74) is 0. The minimum atomic E-state index is 0.559. The summed E-state index contributed by atoms with van der Waals surface area (Å²) in [5.74, 6) is 1.57. The second-order valence-electron chi connectivity index (χ2n) is 3.20. The van der Waals surface area contributed by atoms with Crippen molar-refractivity contribution < 1.29 is 0 Å². The van der Waals surface area contributed by atoms with E-state index in [4.69, 9.17) is 11.6 Å². The van der Waals surface area contributed by atoms with Crippen LogP contribution in [0.5, 0.6) is 0 Å². The van der Waals surface area contributed by atoms with Crippen molar-refractivity contribution in [1.29, 1.82) is 0 Å². The van der Waals surface area contributed by atoms with E-state index in [-0.39, 0.29) is 0 Å². The van der Waals surface area contributed by atoms with E-state index in [0.29, 0.717) is 11.6 Å². The largest absolute Gasteiger partial charge is 0.362 e. The summed E-state index contributed by atoms with van der Waals surface area (Å²) in [4.78, 5) is 4.16. The fourth-order valence-corrected chi connectivity index (χ4v) is 1.95. The molecule has 0 radical (unpaired) electrons. The van der Waals surface area contributed by atoms with E-state index >= 15 is 0 Å². The first-order chi connectivity index (χ1) is 7.66. The van der Waals surface area contributed by atoms with Crippen LogP contribution in [0.2, 0.25) is 5.02 Å². The number of anilines is 1. The summed E-state index contributed by atoms with van der Waals surface area (Å²) in [6, 6.07) is 1.79. The van der Waals surface area contributed by atoms with Crippen molar-refractivity contribution in [2.75, 3.05) is 5.32 Å². The number of aryl methyl sites for hydroxylation is 1. The molecule has 5 nitrogen and oxygen atoms in total. The monoisotopic (exact) mass is 301 g/mol. The zero-order valence-corrected chi connectivity index (χ0v) is 10.8. The quantitative estimate of drug-likeness (QED) is 0.945. The van der Waals surface area contributed by atoms with Crippen LogP contribution in [0.25, 0.3) is 0 Å². The summed E-state index contributed by atoms with van der Waals surface area (Å²) >= 11 is 9.17. The summed E-state index contributed by atoms with van der Waals surface area (Å²) in [6.07, 6.45) is 3.24. The van der Waals surface area contributed by atoms with Gasteiger partial charge in [-0.1, -0.05) is 11.6 Å². The summed E-state index contributed by atoms with van der Waals surface area (Å²) in [6.45, 7) is 0.559. The molecule has 0 spiro atoms. The summed E-state index contributed by atoms with van der Waals surface area (Å²) in [5, 5.41) is 11.5. The fourth-order valence-electron chi connectivity index (χ4n) is 1.17. The van der Waals surface area contributed by atoms with E-state index < -0.39 is 0 Å². The number of pyridine rings is 1. The zero-order valence-electron chi connectivity index (χ0n) is 8.48. The highest BCUT2D eigenvalue weighted by Gasteiger charge is 2.04. The maximum Gasteiger partial charge on any atom is 0.151 e. The van der Waals surface area contributed by atoms with Crippen LogP contribution in [-0.4, -0.2) is 19.7 Å². The Hall–Kier alpha value is -1.14. The van der Waals surface area contributed by atoms with Gasteiger partial charge in [-0.25, -0.2) is 4.98 Å². The van der Waals surface area contributed by atoms with Crippen LogP contribution in [0.3, 0.4) is 0 Å². The lowest BCUT2D eigenvalue weighted by atomic mass is 10.4. The van der Waals surface area contributed by atoms with E-state index in [1.807, 2.05) is 11.6 Å². The van der Waals surface area contributed by atoms with Gasteiger partial charge < -0.3 is 9.88 Å². The average Bonchev–Trinajstić information content (AvgIpc) is 2.63. The average molecular weight is 303 g/mol. The van der Waals surface area contributed by atoms with Crippen molar-refractivity contribution in [2.24, 2.45) is 7.05 Å². The third-order valence-electron chi connectivity index (χ3n) is 2.03. The molecule has 2 aromatic heterocycles. The molecule has 0 bridgehead atoms. The Labute approximate surface area is 106 Å². The van der Waals surface area contributed by atoms with Crippen LogP contribution in [-0.2, 0) is 13.6 Å². The molecule has 2 rings (SSSR count). The van der Waals surface area contributed by atoms with E-state index in [0.717, 1.165) is 16.1 Å². The number of hydrogen-bond donors (Lipinski definition) is 1. The van der Waals surface area contributed by atoms with Gasteiger partial charge in [0, 0.05) is 13.2 Å². The second-order valence-corrected chi connectivity index (χ2v) is 4.49. The van der Waals surface area contributed by atoms with E-state index in [1.165, 1.54) is 0 Å². The smallest absolute Gasteiger partial charge is 0.151 e. The molecule has 1 N–H and O–H groups in total. The van der Waals surface area contributed by atoms with Gasteiger partial charge in [0.05, 0.1) is 16.0 Å². The Morgan fingerprint density at radius 1 is 1.56 bits per heavy atom. The van der Waals surface area contributed by atoms with E-state index in [2.05, 4.69) is 36.4 Å². The van der Waals surface area contributed by atoms with Gasteiger partial charge in [-0.15, -0.1) is 10.2 Å². The van der Waals surface area contributed by atoms with Crippen LogP contribution in [0, 0.1) is 0 Å². The van der Waals surface area contributed by atoms with Gasteiger partial charge in [0.25, 0.3) is 0 Å². The molecule has 0 unspecified atom stereocenters.